The highest BCUT2D eigenvalue weighted by molar-refractivity contribution is 5.23. The molecule has 0 aliphatic heterocycles. The van der Waals surface area contributed by atoms with E-state index in [1.807, 2.05) is 38.1 Å². The van der Waals surface area contributed by atoms with Crippen LogP contribution in [0.5, 0.6) is 0 Å². The lowest BCUT2D eigenvalue weighted by Crippen LogP contribution is -2.29. The Morgan fingerprint density at radius 2 is 2.00 bits per heavy atom. The summed E-state index contributed by atoms with van der Waals surface area (Å²) in [6, 6.07) is 10.1. The molecule has 0 saturated carbocycles. The van der Waals surface area contributed by atoms with E-state index in [-0.39, 0.29) is 0 Å². The fourth-order valence-electron chi connectivity index (χ4n) is 1.73. The van der Waals surface area contributed by atoms with Crippen LogP contribution in [0.15, 0.2) is 24.3 Å². The second-order valence-electron chi connectivity index (χ2n) is 4.23. The Labute approximate surface area is 103 Å². The van der Waals surface area contributed by atoms with Gasteiger partial charge in [0, 0.05) is 19.5 Å². The summed E-state index contributed by atoms with van der Waals surface area (Å²) < 4.78 is 0. The highest BCUT2D eigenvalue weighted by Gasteiger charge is 2.11. The summed E-state index contributed by atoms with van der Waals surface area (Å²) in [6.45, 7) is 6.22. The fourth-order valence-corrected chi connectivity index (χ4v) is 1.73. The van der Waals surface area contributed by atoms with Crippen LogP contribution in [0, 0.1) is 18.3 Å². The van der Waals surface area contributed by atoms with Crippen molar-refractivity contribution >= 4 is 0 Å². The quantitative estimate of drug-likeness (QED) is 0.818. The molecule has 1 unspecified atom stereocenters. The van der Waals surface area contributed by atoms with Crippen LogP contribution in [0.3, 0.4) is 0 Å². The monoisotopic (exact) mass is 232 g/mol. The predicted molar refractivity (Wildman–Crippen MR) is 68.5 cm³/mol. The highest BCUT2D eigenvalue weighted by atomic mass is 16.3. The molecule has 1 rings (SSSR count). The molecule has 1 atom stereocenters. The summed E-state index contributed by atoms with van der Waals surface area (Å²) in [7, 11) is 0. The zero-order valence-electron chi connectivity index (χ0n) is 10.6. The summed E-state index contributed by atoms with van der Waals surface area (Å²) in [5.74, 6) is 0. The van der Waals surface area contributed by atoms with E-state index in [1.54, 1.807) is 0 Å². The second kappa shape index (κ2) is 7.05. The van der Waals surface area contributed by atoms with Gasteiger partial charge in [0.25, 0.3) is 0 Å². The first-order valence-electron chi connectivity index (χ1n) is 6.01. The van der Waals surface area contributed by atoms with E-state index >= 15 is 0 Å². The Kier molecular flexibility index (Phi) is 5.68. The number of likely N-dealkylation sites (N-methyl/N-ethyl adjacent to an activating group) is 1. The van der Waals surface area contributed by atoms with Crippen LogP contribution in [-0.2, 0) is 0 Å². The maximum Gasteiger partial charge on any atom is 0.0916 e. The molecule has 0 amide bonds. The molecule has 3 nitrogen and oxygen atoms in total. The third-order valence-corrected chi connectivity index (χ3v) is 2.88. The first-order chi connectivity index (χ1) is 8.17. The summed E-state index contributed by atoms with van der Waals surface area (Å²) in [5, 5.41) is 18.6. The van der Waals surface area contributed by atoms with Crippen molar-refractivity contribution in [1.82, 2.24) is 4.90 Å². The van der Waals surface area contributed by atoms with Crippen LogP contribution in [0.25, 0.3) is 0 Å². The first-order valence-corrected chi connectivity index (χ1v) is 6.01. The largest absolute Gasteiger partial charge is 0.387 e. The summed E-state index contributed by atoms with van der Waals surface area (Å²) in [5.41, 5.74) is 2.13. The molecular formula is C14H20N2O. The van der Waals surface area contributed by atoms with E-state index < -0.39 is 6.10 Å². The highest BCUT2D eigenvalue weighted by Crippen LogP contribution is 2.15. The van der Waals surface area contributed by atoms with Gasteiger partial charge in [-0.2, -0.15) is 5.26 Å². The zero-order valence-corrected chi connectivity index (χ0v) is 10.6. The molecule has 0 radical (unpaired) electrons. The maximum absolute atomic E-state index is 10.1. The molecule has 0 spiro atoms. The third kappa shape index (κ3) is 4.56. The molecule has 1 aromatic rings. The number of nitriles is 1. The van der Waals surface area contributed by atoms with Crippen molar-refractivity contribution < 1.29 is 5.11 Å². The number of benzene rings is 1. The van der Waals surface area contributed by atoms with Gasteiger partial charge in [-0.15, -0.1) is 0 Å². The van der Waals surface area contributed by atoms with E-state index in [4.69, 9.17) is 5.26 Å². The number of nitrogens with zero attached hydrogens (tertiary/aromatic N) is 2. The van der Waals surface area contributed by atoms with E-state index in [0.29, 0.717) is 13.0 Å². The SMILES string of the molecule is CCN(CCC#N)CC(O)c1ccc(C)cc1. The van der Waals surface area contributed by atoms with Crippen molar-refractivity contribution in [2.45, 2.75) is 26.4 Å². The van der Waals surface area contributed by atoms with Crippen molar-refractivity contribution in [3.63, 3.8) is 0 Å². The summed E-state index contributed by atoms with van der Waals surface area (Å²) in [4.78, 5) is 2.09. The molecule has 92 valence electrons. The molecule has 1 aromatic carbocycles. The minimum Gasteiger partial charge on any atom is -0.387 e. The lowest BCUT2D eigenvalue weighted by Gasteiger charge is -2.22. The van der Waals surface area contributed by atoms with Gasteiger partial charge in [-0.25, -0.2) is 0 Å². The normalized spacial score (nSPS) is 12.4. The fraction of sp³-hybridized carbons (Fsp3) is 0.500. The molecule has 0 aliphatic rings. The molecular weight excluding hydrogens is 212 g/mol. The van der Waals surface area contributed by atoms with Gasteiger partial charge in [-0.1, -0.05) is 36.8 Å². The van der Waals surface area contributed by atoms with Crippen molar-refractivity contribution in [2.24, 2.45) is 0 Å². The van der Waals surface area contributed by atoms with Crippen LogP contribution in [-0.4, -0.2) is 29.6 Å². The lowest BCUT2D eigenvalue weighted by atomic mass is 10.1. The molecule has 1 N–H and O–H groups in total. The third-order valence-electron chi connectivity index (χ3n) is 2.88. The Hall–Kier alpha value is -1.37. The number of hydrogen-bond donors (Lipinski definition) is 1. The van der Waals surface area contributed by atoms with Crippen LogP contribution >= 0.6 is 0 Å². The van der Waals surface area contributed by atoms with Crippen molar-refractivity contribution in [3.8, 4) is 6.07 Å². The summed E-state index contributed by atoms with van der Waals surface area (Å²) >= 11 is 0. The van der Waals surface area contributed by atoms with Crippen LogP contribution in [0.4, 0.5) is 0 Å². The Morgan fingerprint density at radius 3 is 2.53 bits per heavy atom. The smallest absolute Gasteiger partial charge is 0.0916 e. The molecule has 0 saturated heterocycles. The van der Waals surface area contributed by atoms with Gasteiger partial charge in [0.15, 0.2) is 0 Å². The van der Waals surface area contributed by atoms with E-state index in [1.165, 1.54) is 5.56 Å². The molecule has 0 aliphatic carbocycles. The van der Waals surface area contributed by atoms with Gasteiger partial charge in [-0.3, -0.25) is 4.90 Å². The minimum atomic E-state index is -0.478. The van der Waals surface area contributed by atoms with E-state index in [0.717, 1.165) is 18.7 Å². The average Bonchev–Trinajstić information content (AvgIpc) is 2.35. The lowest BCUT2D eigenvalue weighted by molar-refractivity contribution is 0.117. The standard InChI is InChI=1S/C14H20N2O/c1-3-16(10-4-9-15)11-14(17)13-7-5-12(2)6-8-13/h5-8,14,17H,3-4,10-11H2,1-2H3. The van der Waals surface area contributed by atoms with Crippen LogP contribution < -0.4 is 0 Å². The molecule has 0 bridgehead atoms. The van der Waals surface area contributed by atoms with Gasteiger partial charge in [0.1, 0.15) is 0 Å². The predicted octanol–water partition coefficient (Wildman–Crippen LogP) is 2.26. The van der Waals surface area contributed by atoms with Crippen molar-refractivity contribution in [2.75, 3.05) is 19.6 Å². The zero-order chi connectivity index (χ0) is 12.7. The molecule has 3 heteroatoms. The van der Waals surface area contributed by atoms with E-state index in [2.05, 4.69) is 11.0 Å². The number of aliphatic hydroxyl groups is 1. The van der Waals surface area contributed by atoms with Gasteiger partial charge in [-0.05, 0) is 19.0 Å². The summed E-state index contributed by atoms with van der Waals surface area (Å²) in [6.07, 6.45) is 0.0308. The number of hydrogen-bond acceptors (Lipinski definition) is 3. The van der Waals surface area contributed by atoms with Gasteiger partial charge in [0.2, 0.25) is 0 Å². The number of aliphatic hydroxyl groups excluding tert-OH is 1. The van der Waals surface area contributed by atoms with Crippen molar-refractivity contribution in [1.29, 1.82) is 5.26 Å². The van der Waals surface area contributed by atoms with Gasteiger partial charge < -0.3 is 5.11 Å². The molecule has 0 fully saturated rings. The maximum atomic E-state index is 10.1. The minimum absolute atomic E-state index is 0.478. The topological polar surface area (TPSA) is 47.3 Å². The Balaban J connectivity index is 2.55. The Morgan fingerprint density at radius 1 is 1.35 bits per heavy atom. The average molecular weight is 232 g/mol. The van der Waals surface area contributed by atoms with Crippen molar-refractivity contribution in [3.05, 3.63) is 35.4 Å². The first kappa shape index (κ1) is 13.7. The van der Waals surface area contributed by atoms with Crippen LogP contribution in [0.1, 0.15) is 30.6 Å². The molecule has 17 heavy (non-hydrogen) atoms. The van der Waals surface area contributed by atoms with Gasteiger partial charge >= 0.3 is 0 Å². The molecule has 0 aromatic heterocycles. The second-order valence-corrected chi connectivity index (χ2v) is 4.23. The van der Waals surface area contributed by atoms with Crippen LogP contribution in [0.2, 0.25) is 0 Å². The number of aryl methyl sites for hydroxylation is 1. The molecule has 0 heterocycles. The van der Waals surface area contributed by atoms with Gasteiger partial charge in [0.05, 0.1) is 12.2 Å². The Bertz CT molecular complexity index is 367. The van der Waals surface area contributed by atoms with E-state index in [9.17, 15) is 5.11 Å². The number of rotatable bonds is 6.